The first-order chi connectivity index (χ1) is 9.95. The summed E-state index contributed by atoms with van der Waals surface area (Å²) < 4.78 is 27.2. The van der Waals surface area contributed by atoms with E-state index in [0.717, 1.165) is 6.07 Å². The van der Waals surface area contributed by atoms with Crippen LogP contribution in [0.4, 0.5) is 8.78 Å². The van der Waals surface area contributed by atoms with Crippen LogP contribution in [0.1, 0.15) is 10.4 Å². The highest BCUT2D eigenvalue weighted by Gasteiger charge is 2.16. The molecule has 0 spiro atoms. The molecule has 106 valence electrons. The number of aromatic nitrogens is 2. The van der Waals surface area contributed by atoms with Crippen molar-refractivity contribution in [2.24, 2.45) is 0 Å². The lowest BCUT2D eigenvalue weighted by atomic mass is 10.2. The highest BCUT2D eigenvalue weighted by molar-refractivity contribution is 14.1. The van der Waals surface area contributed by atoms with Crippen LogP contribution < -0.4 is 0 Å². The van der Waals surface area contributed by atoms with Crippen molar-refractivity contribution in [3.05, 3.63) is 51.1 Å². The summed E-state index contributed by atoms with van der Waals surface area (Å²) in [6, 6.07) is 6.25. The van der Waals surface area contributed by atoms with Gasteiger partial charge in [-0.25, -0.2) is 18.6 Å². The fourth-order valence-corrected chi connectivity index (χ4v) is 2.79. The molecule has 2 aromatic carbocycles. The fourth-order valence-electron chi connectivity index (χ4n) is 2.05. The van der Waals surface area contributed by atoms with E-state index in [1.807, 2.05) is 22.6 Å². The summed E-state index contributed by atoms with van der Waals surface area (Å²) in [6.45, 7) is 0. The van der Waals surface area contributed by atoms with Crippen LogP contribution in [0, 0.1) is 15.2 Å². The predicted octanol–water partition coefficient (Wildman–Crippen LogP) is 3.81. The van der Waals surface area contributed by atoms with E-state index < -0.39 is 11.8 Å². The molecule has 0 aliphatic rings. The smallest absolute Gasteiger partial charge is 0.338 e. The van der Waals surface area contributed by atoms with Gasteiger partial charge in [0.2, 0.25) is 0 Å². The van der Waals surface area contributed by atoms with Crippen LogP contribution in [-0.4, -0.2) is 21.0 Å². The van der Waals surface area contributed by atoms with Crippen molar-refractivity contribution in [3.63, 3.8) is 0 Å². The van der Waals surface area contributed by atoms with Crippen LogP contribution >= 0.6 is 22.6 Å². The molecule has 0 fully saturated rings. The molecule has 3 rings (SSSR count). The van der Waals surface area contributed by atoms with Gasteiger partial charge in [0.15, 0.2) is 0 Å². The van der Waals surface area contributed by atoms with E-state index in [1.165, 1.54) is 24.3 Å². The lowest BCUT2D eigenvalue weighted by Gasteiger charge is -2.00. The number of carbonyl (C=O) groups is 1. The monoisotopic (exact) mass is 400 g/mol. The average molecular weight is 400 g/mol. The molecule has 0 aliphatic carbocycles. The van der Waals surface area contributed by atoms with E-state index in [1.54, 1.807) is 0 Å². The summed E-state index contributed by atoms with van der Waals surface area (Å²) in [5.74, 6) is -1.94. The standard InChI is InChI=1S/C14H7F2IN2O2/c15-6-1-2-8(10(17)4-6)13-18-11-5-7(16)3-9(14(20)21)12(11)19-13/h1-5H,(H,18,19)(H,20,21). The zero-order chi connectivity index (χ0) is 15.1. The topological polar surface area (TPSA) is 66.0 Å². The van der Waals surface area contributed by atoms with Gasteiger partial charge in [-0.15, -0.1) is 0 Å². The molecule has 1 aromatic heterocycles. The summed E-state index contributed by atoms with van der Waals surface area (Å²) in [6.07, 6.45) is 0. The van der Waals surface area contributed by atoms with Crippen molar-refractivity contribution < 1.29 is 18.7 Å². The highest BCUT2D eigenvalue weighted by Crippen LogP contribution is 2.27. The Morgan fingerprint density at radius 3 is 2.62 bits per heavy atom. The second-order valence-electron chi connectivity index (χ2n) is 4.36. The Kier molecular flexibility index (Phi) is 3.36. The summed E-state index contributed by atoms with van der Waals surface area (Å²) in [5, 5.41) is 9.11. The SMILES string of the molecule is O=C(O)c1cc(F)cc2[nH]c(-c3ccc(F)cc3I)nc12. The predicted molar refractivity (Wildman–Crippen MR) is 81.1 cm³/mol. The molecule has 7 heteroatoms. The lowest BCUT2D eigenvalue weighted by Crippen LogP contribution is -1.98. The molecule has 3 aromatic rings. The van der Waals surface area contributed by atoms with Crippen LogP contribution in [0.25, 0.3) is 22.4 Å². The van der Waals surface area contributed by atoms with Crippen molar-refractivity contribution >= 4 is 39.6 Å². The third-order valence-corrected chi connectivity index (χ3v) is 3.86. The number of hydrogen-bond donors (Lipinski definition) is 2. The van der Waals surface area contributed by atoms with Gasteiger partial charge in [0, 0.05) is 9.13 Å². The van der Waals surface area contributed by atoms with E-state index in [4.69, 9.17) is 5.11 Å². The number of nitrogens with one attached hydrogen (secondary N) is 1. The molecule has 0 unspecified atom stereocenters. The van der Waals surface area contributed by atoms with Crippen molar-refractivity contribution in [2.45, 2.75) is 0 Å². The first kappa shape index (κ1) is 13.9. The van der Waals surface area contributed by atoms with Gasteiger partial charge in [0.1, 0.15) is 23.0 Å². The van der Waals surface area contributed by atoms with E-state index in [0.29, 0.717) is 15.0 Å². The molecular weight excluding hydrogens is 393 g/mol. The van der Waals surface area contributed by atoms with E-state index in [9.17, 15) is 13.6 Å². The molecule has 0 atom stereocenters. The zero-order valence-corrected chi connectivity index (χ0v) is 12.5. The van der Waals surface area contributed by atoms with Crippen molar-refractivity contribution in [2.75, 3.05) is 0 Å². The number of nitrogens with zero attached hydrogens (tertiary/aromatic N) is 1. The Bertz CT molecular complexity index is 877. The minimum Gasteiger partial charge on any atom is -0.478 e. The Balaban J connectivity index is 2.26. The van der Waals surface area contributed by atoms with Gasteiger partial charge >= 0.3 is 5.97 Å². The summed E-state index contributed by atoms with van der Waals surface area (Å²) in [5.41, 5.74) is 0.844. The van der Waals surface area contributed by atoms with Crippen molar-refractivity contribution in [3.8, 4) is 11.4 Å². The Morgan fingerprint density at radius 1 is 1.19 bits per heavy atom. The number of fused-ring (bicyclic) bond motifs is 1. The minimum absolute atomic E-state index is 0.166. The third-order valence-electron chi connectivity index (χ3n) is 2.97. The maximum atomic E-state index is 13.4. The maximum Gasteiger partial charge on any atom is 0.338 e. The van der Waals surface area contributed by atoms with Crippen LogP contribution in [0.3, 0.4) is 0 Å². The molecule has 4 nitrogen and oxygen atoms in total. The number of halogens is 3. The molecule has 0 amide bonds. The quantitative estimate of drug-likeness (QED) is 0.644. The van der Waals surface area contributed by atoms with Gasteiger partial charge in [-0.2, -0.15) is 0 Å². The zero-order valence-electron chi connectivity index (χ0n) is 10.3. The van der Waals surface area contributed by atoms with E-state index in [-0.39, 0.29) is 22.4 Å². The number of carboxylic acids is 1. The number of hydrogen-bond acceptors (Lipinski definition) is 2. The molecule has 0 bridgehead atoms. The van der Waals surface area contributed by atoms with E-state index in [2.05, 4.69) is 9.97 Å². The second kappa shape index (κ2) is 5.06. The molecule has 0 aliphatic heterocycles. The normalized spacial score (nSPS) is 11.0. The average Bonchev–Trinajstić information content (AvgIpc) is 2.80. The number of benzene rings is 2. The fraction of sp³-hybridized carbons (Fsp3) is 0. The maximum absolute atomic E-state index is 13.4. The summed E-state index contributed by atoms with van der Waals surface area (Å²) >= 11 is 1.95. The number of aromatic carboxylic acids is 1. The highest BCUT2D eigenvalue weighted by atomic mass is 127. The Morgan fingerprint density at radius 2 is 1.95 bits per heavy atom. The van der Waals surface area contributed by atoms with Gasteiger partial charge in [-0.05, 0) is 52.9 Å². The molecule has 0 saturated carbocycles. The number of imidazole rings is 1. The van der Waals surface area contributed by atoms with Crippen molar-refractivity contribution in [1.82, 2.24) is 9.97 Å². The van der Waals surface area contributed by atoms with Crippen LogP contribution in [0.2, 0.25) is 0 Å². The lowest BCUT2D eigenvalue weighted by molar-refractivity contribution is 0.0698. The molecule has 2 N–H and O–H groups in total. The second-order valence-corrected chi connectivity index (χ2v) is 5.53. The van der Waals surface area contributed by atoms with E-state index >= 15 is 0 Å². The molecule has 0 saturated heterocycles. The van der Waals surface area contributed by atoms with Crippen LogP contribution in [0.5, 0.6) is 0 Å². The number of H-pyrrole nitrogens is 1. The van der Waals surface area contributed by atoms with Gasteiger partial charge in [0.25, 0.3) is 0 Å². The van der Waals surface area contributed by atoms with Gasteiger partial charge in [-0.3, -0.25) is 0 Å². The first-order valence-corrected chi connectivity index (χ1v) is 6.91. The summed E-state index contributed by atoms with van der Waals surface area (Å²) in [4.78, 5) is 18.2. The molecule has 21 heavy (non-hydrogen) atoms. The Hall–Kier alpha value is -2.03. The largest absolute Gasteiger partial charge is 0.478 e. The molecule has 0 radical (unpaired) electrons. The summed E-state index contributed by atoms with van der Waals surface area (Å²) in [7, 11) is 0. The molecular formula is C14H7F2IN2O2. The minimum atomic E-state index is -1.26. The first-order valence-electron chi connectivity index (χ1n) is 5.83. The Labute approximate surface area is 131 Å². The van der Waals surface area contributed by atoms with Crippen LogP contribution in [0.15, 0.2) is 30.3 Å². The molecule has 1 heterocycles. The van der Waals surface area contributed by atoms with Gasteiger partial charge in [0.05, 0.1) is 11.1 Å². The van der Waals surface area contributed by atoms with Gasteiger partial charge < -0.3 is 10.1 Å². The number of carboxylic acid groups (broad SMARTS) is 1. The van der Waals surface area contributed by atoms with Crippen LogP contribution in [-0.2, 0) is 0 Å². The number of aromatic amines is 1. The van der Waals surface area contributed by atoms with Crippen molar-refractivity contribution in [1.29, 1.82) is 0 Å². The third kappa shape index (κ3) is 2.48. The van der Waals surface area contributed by atoms with Gasteiger partial charge in [-0.1, -0.05) is 0 Å². The number of rotatable bonds is 2.